The van der Waals surface area contributed by atoms with Crippen LogP contribution in [0.1, 0.15) is 79.6 Å². The molecule has 10 heteroatoms. The highest BCUT2D eigenvalue weighted by atomic mass is 35.5. The van der Waals surface area contributed by atoms with Crippen LogP contribution in [0.2, 0.25) is 5.02 Å². The molecule has 2 aromatic carbocycles. The Labute approximate surface area is 242 Å². The van der Waals surface area contributed by atoms with Gasteiger partial charge in [0.1, 0.15) is 29.6 Å². The van der Waals surface area contributed by atoms with E-state index in [1.165, 1.54) is 12.1 Å². The molecule has 0 N–H and O–H groups in total. The normalized spacial score (nSPS) is 23.8. The number of ether oxygens (including phenoxy) is 1. The molecule has 0 unspecified atom stereocenters. The summed E-state index contributed by atoms with van der Waals surface area (Å²) in [4.78, 5) is 32.5. The zero-order chi connectivity index (χ0) is 29.3. The number of fused-ring (bicyclic) bond motifs is 2. The summed E-state index contributed by atoms with van der Waals surface area (Å²) in [5.74, 6) is -2.14. The molecular weight excluding hydrogens is 550 g/mol. The fourth-order valence-electron chi connectivity index (χ4n) is 7.16. The van der Waals surface area contributed by atoms with Crippen molar-refractivity contribution in [3.05, 3.63) is 81.4 Å². The molecule has 41 heavy (non-hydrogen) atoms. The molecule has 7 nitrogen and oxygen atoms in total. The minimum atomic E-state index is -0.722. The van der Waals surface area contributed by atoms with Crippen molar-refractivity contribution in [3.63, 3.8) is 0 Å². The maximum Gasteiger partial charge on any atom is 0.226 e. The van der Waals surface area contributed by atoms with Crippen molar-refractivity contribution in [1.29, 1.82) is 0 Å². The van der Waals surface area contributed by atoms with Gasteiger partial charge in [-0.3, -0.25) is 14.3 Å². The number of amides is 1. The smallest absolute Gasteiger partial charge is 0.226 e. The lowest BCUT2D eigenvalue weighted by molar-refractivity contribution is -0.151. The number of Topliss-reactive ketones (excluding diaryl/α,β-unsaturated/α-hetero) is 1. The number of nitrogens with zero attached hydrogens (tertiary/aromatic N) is 4. The number of carbonyl (C=O) groups is 2. The van der Waals surface area contributed by atoms with Gasteiger partial charge in [0.05, 0.1) is 23.0 Å². The molecule has 3 atom stereocenters. The summed E-state index contributed by atoms with van der Waals surface area (Å²) in [5, 5.41) is 4.94. The molecule has 3 aliphatic rings. The number of hydrogen-bond acceptors (Lipinski definition) is 5. The molecule has 6 rings (SSSR count). The molecule has 1 saturated carbocycles. The summed E-state index contributed by atoms with van der Waals surface area (Å²) in [7, 11) is 1.87. The number of carbonyl (C=O) groups excluding carboxylic acids is 2. The van der Waals surface area contributed by atoms with Crippen LogP contribution >= 0.6 is 11.6 Å². The number of piperidine rings is 1. The maximum absolute atomic E-state index is 14.7. The van der Waals surface area contributed by atoms with Gasteiger partial charge in [-0.2, -0.15) is 5.10 Å². The van der Waals surface area contributed by atoms with Gasteiger partial charge >= 0.3 is 0 Å². The first-order valence-electron chi connectivity index (χ1n) is 14.0. The molecule has 2 fully saturated rings. The number of aromatic nitrogens is 3. The maximum atomic E-state index is 14.7. The van der Waals surface area contributed by atoms with Gasteiger partial charge in [0, 0.05) is 50.0 Å². The summed E-state index contributed by atoms with van der Waals surface area (Å²) in [6, 6.07) is 7.44. The second kappa shape index (κ2) is 9.98. The van der Waals surface area contributed by atoms with E-state index in [0.717, 1.165) is 28.6 Å². The third kappa shape index (κ3) is 4.57. The number of ketones is 1. The lowest BCUT2D eigenvalue weighted by atomic mass is 9.78. The first-order valence-corrected chi connectivity index (χ1v) is 14.4. The Morgan fingerprint density at radius 3 is 2.51 bits per heavy atom. The van der Waals surface area contributed by atoms with E-state index in [0.29, 0.717) is 31.0 Å². The van der Waals surface area contributed by atoms with Gasteiger partial charge in [0.2, 0.25) is 5.91 Å². The standard InChI is InChI=1S/C31H33ClF2N4O3/c1-17-11-23-24(15-25(17)32)31(41-27(23)30(2,3)29-35-16-36-37(29)4)7-9-38(10-8-31)28(40)22-14-19(39)13-21(22)20-6-5-18(33)12-26(20)34/h5-6,11-12,15-16,21-22,27H,7-10,13-14H2,1-4H3/t21-,22+,27-/m0/s1. The van der Waals surface area contributed by atoms with Crippen molar-refractivity contribution in [2.75, 3.05) is 13.1 Å². The molecule has 1 saturated heterocycles. The van der Waals surface area contributed by atoms with Gasteiger partial charge in [-0.15, -0.1) is 0 Å². The van der Waals surface area contributed by atoms with Gasteiger partial charge in [-0.25, -0.2) is 13.8 Å². The Morgan fingerprint density at radius 2 is 1.85 bits per heavy atom. The topological polar surface area (TPSA) is 77.3 Å². The Bertz CT molecular complexity index is 1550. The van der Waals surface area contributed by atoms with Crippen molar-refractivity contribution in [1.82, 2.24) is 19.7 Å². The molecule has 1 spiro atoms. The van der Waals surface area contributed by atoms with E-state index in [4.69, 9.17) is 16.3 Å². The molecule has 3 aromatic rings. The number of likely N-dealkylation sites (tertiary alicyclic amines) is 1. The summed E-state index contributed by atoms with van der Waals surface area (Å²) in [6.07, 6.45) is 2.46. The molecule has 1 amide bonds. The molecule has 1 aromatic heterocycles. The van der Waals surface area contributed by atoms with Crippen LogP contribution in [0.4, 0.5) is 8.78 Å². The molecule has 0 radical (unpaired) electrons. The Hall–Kier alpha value is -3.17. The van der Waals surface area contributed by atoms with Gasteiger partial charge < -0.3 is 9.64 Å². The van der Waals surface area contributed by atoms with Gasteiger partial charge in [0.15, 0.2) is 0 Å². The van der Waals surface area contributed by atoms with Crippen molar-refractivity contribution in [3.8, 4) is 0 Å². The first kappa shape index (κ1) is 28.0. The third-order valence-corrected chi connectivity index (χ3v) is 9.74. The van der Waals surface area contributed by atoms with E-state index in [9.17, 15) is 18.4 Å². The summed E-state index contributed by atoms with van der Waals surface area (Å²) < 4.78 is 37.0. The van der Waals surface area contributed by atoms with Crippen LogP contribution in [0.5, 0.6) is 0 Å². The minimum absolute atomic E-state index is 0.0597. The highest BCUT2D eigenvalue weighted by molar-refractivity contribution is 6.31. The largest absolute Gasteiger partial charge is 0.361 e. The molecule has 1 aliphatic carbocycles. The van der Waals surface area contributed by atoms with Crippen LogP contribution in [-0.4, -0.2) is 44.4 Å². The first-order chi connectivity index (χ1) is 19.4. The number of aryl methyl sites for hydroxylation is 2. The van der Waals surface area contributed by atoms with E-state index in [1.807, 2.05) is 20.0 Å². The SMILES string of the molecule is Cc1cc2c(cc1Cl)C1(CCN(C(=O)[C@@H]3CC(=O)C[C@H]3c3ccc(F)cc3F)CC1)O[C@@H]2C(C)(C)c1ncnn1C. The number of rotatable bonds is 4. The Kier molecular flexibility index (Phi) is 6.81. The number of halogens is 3. The van der Waals surface area contributed by atoms with Gasteiger partial charge in [-0.05, 0) is 68.0 Å². The summed E-state index contributed by atoms with van der Waals surface area (Å²) >= 11 is 6.62. The van der Waals surface area contributed by atoms with Crippen LogP contribution in [0.3, 0.4) is 0 Å². The van der Waals surface area contributed by atoms with Crippen LogP contribution < -0.4 is 0 Å². The van der Waals surface area contributed by atoms with E-state index in [1.54, 1.807) is 15.9 Å². The highest BCUT2D eigenvalue weighted by Crippen LogP contribution is 2.56. The second-order valence-electron chi connectivity index (χ2n) is 12.3. The molecule has 0 bridgehead atoms. The minimum Gasteiger partial charge on any atom is -0.361 e. The van der Waals surface area contributed by atoms with E-state index in [-0.39, 0.29) is 36.2 Å². The second-order valence-corrected chi connectivity index (χ2v) is 12.7. The fourth-order valence-corrected chi connectivity index (χ4v) is 7.32. The lowest BCUT2D eigenvalue weighted by Gasteiger charge is -2.42. The fraction of sp³-hybridized carbons (Fsp3) is 0.484. The van der Waals surface area contributed by atoms with E-state index >= 15 is 0 Å². The number of benzene rings is 2. The van der Waals surface area contributed by atoms with Crippen LogP contribution in [0.15, 0.2) is 36.7 Å². The molecule has 216 valence electrons. The van der Waals surface area contributed by atoms with E-state index in [2.05, 4.69) is 30.0 Å². The summed E-state index contributed by atoms with van der Waals surface area (Å²) in [5.41, 5.74) is 2.12. The monoisotopic (exact) mass is 582 g/mol. The van der Waals surface area contributed by atoms with Gasteiger partial charge in [-0.1, -0.05) is 23.7 Å². The molecule has 3 heterocycles. The third-order valence-electron chi connectivity index (χ3n) is 9.33. The van der Waals surface area contributed by atoms with Crippen molar-refractivity contribution < 1.29 is 23.1 Å². The van der Waals surface area contributed by atoms with Crippen molar-refractivity contribution >= 4 is 23.3 Å². The lowest BCUT2D eigenvalue weighted by Crippen LogP contribution is -2.48. The van der Waals surface area contributed by atoms with Crippen LogP contribution in [0, 0.1) is 24.5 Å². The average Bonchev–Trinajstić information content (AvgIpc) is 3.61. The van der Waals surface area contributed by atoms with Crippen LogP contribution in [-0.2, 0) is 32.4 Å². The zero-order valence-corrected chi connectivity index (χ0v) is 24.3. The predicted octanol–water partition coefficient (Wildman–Crippen LogP) is 5.68. The van der Waals surface area contributed by atoms with Gasteiger partial charge in [0.25, 0.3) is 0 Å². The summed E-state index contributed by atoms with van der Waals surface area (Å²) in [6.45, 7) is 7.01. The average molecular weight is 583 g/mol. The van der Waals surface area contributed by atoms with E-state index < -0.39 is 34.5 Å². The van der Waals surface area contributed by atoms with Crippen LogP contribution in [0.25, 0.3) is 0 Å². The Morgan fingerprint density at radius 1 is 1.12 bits per heavy atom. The number of hydrogen-bond donors (Lipinski definition) is 0. The van der Waals surface area contributed by atoms with Crippen molar-refractivity contribution in [2.24, 2.45) is 13.0 Å². The Balaban J connectivity index is 1.27. The predicted molar refractivity (Wildman–Crippen MR) is 148 cm³/mol. The quantitative estimate of drug-likeness (QED) is 0.395. The zero-order valence-electron chi connectivity index (χ0n) is 23.6. The highest BCUT2D eigenvalue weighted by Gasteiger charge is 2.53. The molecule has 2 aliphatic heterocycles. The van der Waals surface area contributed by atoms with Crippen molar-refractivity contribution in [2.45, 2.75) is 69.5 Å². The molecular formula is C31H33ClF2N4O3.